The van der Waals surface area contributed by atoms with Crippen molar-refractivity contribution >= 4 is 29.3 Å². The Kier molecular flexibility index (Phi) is 6.80. The molecule has 3 nitrogen and oxygen atoms in total. The Morgan fingerprint density at radius 2 is 2.19 bits per heavy atom. The molecular formula is C15H19ClFNO2S. The van der Waals surface area contributed by atoms with Gasteiger partial charge in [0.05, 0.1) is 5.75 Å². The molecule has 1 heterocycles. The molecule has 1 amide bonds. The highest BCUT2D eigenvalue weighted by molar-refractivity contribution is 7.99. The Morgan fingerprint density at radius 1 is 1.43 bits per heavy atom. The summed E-state index contributed by atoms with van der Waals surface area (Å²) in [6.45, 7) is 1.42. The molecule has 2 rings (SSSR count). The average molecular weight is 332 g/mol. The second kappa shape index (κ2) is 8.61. The maximum Gasteiger partial charge on any atom is 0.230 e. The number of amides is 1. The third kappa shape index (κ3) is 5.49. The van der Waals surface area contributed by atoms with Gasteiger partial charge < -0.3 is 10.1 Å². The molecule has 0 saturated carbocycles. The SMILES string of the molecule is O=C(CSCCc1c(F)cccc1Cl)NC1CCOCC1. The van der Waals surface area contributed by atoms with Gasteiger partial charge in [-0.05, 0) is 37.1 Å². The maximum absolute atomic E-state index is 13.6. The van der Waals surface area contributed by atoms with Crippen molar-refractivity contribution in [3.05, 3.63) is 34.6 Å². The summed E-state index contributed by atoms with van der Waals surface area (Å²) in [6, 6.07) is 4.91. The first-order chi connectivity index (χ1) is 10.2. The van der Waals surface area contributed by atoms with Gasteiger partial charge >= 0.3 is 0 Å². The van der Waals surface area contributed by atoms with Gasteiger partial charge in [0.2, 0.25) is 5.91 Å². The lowest BCUT2D eigenvalue weighted by Crippen LogP contribution is -2.39. The maximum atomic E-state index is 13.6. The molecule has 0 unspecified atom stereocenters. The molecule has 0 radical (unpaired) electrons. The third-order valence-corrected chi connectivity index (χ3v) is 4.69. The van der Waals surface area contributed by atoms with Crippen molar-refractivity contribution in [1.82, 2.24) is 5.32 Å². The first kappa shape index (κ1) is 16.6. The van der Waals surface area contributed by atoms with Gasteiger partial charge in [0, 0.05) is 29.8 Å². The first-order valence-electron chi connectivity index (χ1n) is 7.04. The summed E-state index contributed by atoms with van der Waals surface area (Å²) in [5, 5.41) is 3.45. The second-order valence-electron chi connectivity index (χ2n) is 4.96. The lowest BCUT2D eigenvalue weighted by molar-refractivity contribution is -0.119. The molecule has 0 bridgehead atoms. The monoisotopic (exact) mass is 331 g/mol. The van der Waals surface area contributed by atoms with Crippen LogP contribution in [0.2, 0.25) is 5.02 Å². The molecule has 1 N–H and O–H groups in total. The van der Waals surface area contributed by atoms with Crippen LogP contribution in [0.25, 0.3) is 0 Å². The quantitative estimate of drug-likeness (QED) is 0.814. The molecule has 21 heavy (non-hydrogen) atoms. The van der Waals surface area contributed by atoms with Crippen LogP contribution in [0.4, 0.5) is 4.39 Å². The third-order valence-electron chi connectivity index (χ3n) is 3.38. The number of carbonyl (C=O) groups is 1. The molecule has 1 aromatic rings. The second-order valence-corrected chi connectivity index (χ2v) is 6.47. The molecule has 1 fully saturated rings. The van der Waals surface area contributed by atoms with Gasteiger partial charge in [-0.25, -0.2) is 4.39 Å². The number of hydrogen-bond donors (Lipinski definition) is 1. The number of benzene rings is 1. The van der Waals surface area contributed by atoms with Crippen LogP contribution < -0.4 is 5.32 Å². The fraction of sp³-hybridized carbons (Fsp3) is 0.533. The highest BCUT2D eigenvalue weighted by Crippen LogP contribution is 2.20. The Morgan fingerprint density at radius 3 is 2.90 bits per heavy atom. The van der Waals surface area contributed by atoms with E-state index >= 15 is 0 Å². The lowest BCUT2D eigenvalue weighted by Gasteiger charge is -2.23. The molecule has 116 valence electrons. The summed E-state index contributed by atoms with van der Waals surface area (Å²) in [6.07, 6.45) is 2.28. The van der Waals surface area contributed by atoms with Gasteiger partial charge in [0.1, 0.15) is 5.82 Å². The fourth-order valence-electron chi connectivity index (χ4n) is 2.22. The van der Waals surface area contributed by atoms with Crippen molar-refractivity contribution in [2.75, 3.05) is 24.7 Å². The Balaban J connectivity index is 1.66. The Hall–Kier alpha value is -0.780. The molecule has 1 aliphatic rings. The minimum Gasteiger partial charge on any atom is -0.381 e. The standard InChI is InChI=1S/C15H19ClFNO2S/c16-13-2-1-3-14(17)12(13)6-9-21-10-15(19)18-11-4-7-20-8-5-11/h1-3,11H,4-10H2,(H,18,19). The van der Waals surface area contributed by atoms with E-state index in [2.05, 4.69) is 5.32 Å². The summed E-state index contributed by atoms with van der Waals surface area (Å²) in [4.78, 5) is 11.8. The van der Waals surface area contributed by atoms with Gasteiger partial charge in [0.25, 0.3) is 0 Å². The van der Waals surface area contributed by atoms with E-state index in [-0.39, 0.29) is 17.8 Å². The van der Waals surface area contributed by atoms with Crippen molar-refractivity contribution in [3.8, 4) is 0 Å². The van der Waals surface area contributed by atoms with E-state index in [1.807, 2.05) is 0 Å². The highest BCUT2D eigenvalue weighted by atomic mass is 35.5. The van der Waals surface area contributed by atoms with E-state index in [0.29, 0.717) is 41.7 Å². The zero-order valence-electron chi connectivity index (χ0n) is 11.7. The number of nitrogens with one attached hydrogen (secondary N) is 1. The van der Waals surface area contributed by atoms with Crippen molar-refractivity contribution in [2.24, 2.45) is 0 Å². The summed E-state index contributed by atoms with van der Waals surface area (Å²) < 4.78 is 18.8. The molecule has 0 spiro atoms. The van der Waals surface area contributed by atoms with Gasteiger partial charge in [-0.3, -0.25) is 4.79 Å². The molecule has 1 aromatic carbocycles. The van der Waals surface area contributed by atoms with Gasteiger partial charge in [-0.1, -0.05) is 17.7 Å². The predicted molar refractivity (Wildman–Crippen MR) is 84.4 cm³/mol. The van der Waals surface area contributed by atoms with E-state index < -0.39 is 0 Å². The molecule has 0 aliphatic carbocycles. The highest BCUT2D eigenvalue weighted by Gasteiger charge is 2.15. The van der Waals surface area contributed by atoms with Crippen molar-refractivity contribution in [2.45, 2.75) is 25.3 Å². The number of ether oxygens (including phenoxy) is 1. The molecular weight excluding hydrogens is 313 g/mol. The van der Waals surface area contributed by atoms with Crippen molar-refractivity contribution in [1.29, 1.82) is 0 Å². The Labute approximate surface area is 133 Å². The van der Waals surface area contributed by atoms with Gasteiger partial charge in [-0.15, -0.1) is 0 Å². The minimum atomic E-state index is -0.283. The average Bonchev–Trinajstić information content (AvgIpc) is 2.47. The van der Waals surface area contributed by atoms with Crippen LogP contribution in [0.5, 0.6) is 0 Å². The predicted octanol–water partition coefficient (Wildman–Crippen LogP) is 3.05. The van der Waals surface area contributed by atoms with E-state index in [1.54, 1.807) is 12.1 Å². The van der Waals surface area contributed by atoms with Crippen LogP contribution >= 0.6 is 23.4 Å². The van der Waals surface area contributed by atoms with E-state index in [0.717, 1.165) is 12.8 Å². The van der Waals surface area contributed by atoms with Crippen LogP contribution in [0, 0.1) is 5.82 Å². The smallest absolute Gasteiger partial charge is 0.230 e. The number of halogens is 2. The van der Waals surface area contributed by atoms with Gasteiger partial charge in [0.15, 0.2) is 0 Å². The molecule has 0 aromatic heterocycles. The molecule has 6 heteroatoms. The summed E-state index contributed by atoms with van der Waals surface area (Å²) in [5.74, 6) is 0.812. The zero-order chi connectivity index (χ0) is 15.1. The van der Waals surface area contributed by atoms with Crippen molar-refractivity contribution < 1.29 is 13.9 Å². The number of rotatable bonds is 6. The lowest BCUT2D eigenvalue weighted by atomic mass is 10.1. The van der Waals surface area contributed by atoms with Crippen LogP contribution in [-0.4, -0.2) is 36.7 Å². The largest absolute Gasteiger partial charge is 0.381 e. The normalized spacial score (nSPS) is 15.9. The number of carbonyl (C=O) groups excluding carboxylic acids is 1. The van der Waals surface area contributed by atoms with Crippen LogP contribution in [-0.2, 0) is 16.0 Å². The van der Waals surface area contributed by atoms with Gasteiger partial charge in [-0.2, -0.15) is 11.8 Å². The number of hydrogen-bond acceptors (Lipinski definition) is 3. The minimum absolute atomic E-state index is 0.0338. The fourth-order valence-corrected chi connectivity index (χ4v) is 3.24. The molecule has 1 aliphatic heterocycles. The summed E-state index contributed by atoms with van der Waals surface area (Å²) >= 11 is 7.45. The summed E-state index contributed by atoms with van der Waals surface area (Å²) in [7, 11) is 0. The van der Waals surface area contributed by atoms with Crippen LogP contribution in [0.1, 0.15) is 18.4 Å². The first-order valence-corrected chi connectivity index (χ1v) is 8.58. The van der Waals surface area contributed by atoms with Crippen LogP contribution in [0.15, 0.2) is 18.2 Å². The van der Waals surface area contributed by atoms with E-state index in [9.17, 15) is 9.18 Å². The summed E-state index contributed by atoms with van der Waals surface area (Å²) in [5.41, 5.74) is 0.525. The Bertz CT molecular complexity index is 460. The van der Waals surface area contributed by atoms with E-state index in [4.69, 9.17) is 16.3 Å². The molecule has 1 saturated heterocycles. The number of thioether (sulfide) groups is 1. The van der Waals surface area contributed by atoms with Crippen molar-refractivity contribution in [3.63, 3.8) is 0 Å². The topological polar surface area (TPSA) is 38.3 Å². The van der Waals surface area contributed by atoms with E-state index in [1.165, 1.54) is 17.8 Å². The van der Waals surface area contributed by atoms with Crippen LogP contribution in [0.3, 0.4) is 0 Å². The molecule has 0 atom stereocenters. The zero-order valence-corrected chi connectivity index (χ0v) is 13.3.